The molecule has 3 heterocycles. The number of carbonyl (C=O) groups excluding carboxylic acids is 1. The van der Waals surface area contributed by atoms with Crippen LogP contribution in [0.5, 0.6) is 0 Å². The van der Waals surface area contributed by atoms with Gasteiger partial charge in [-0.1, -0.05) is 0 Å². The summed E-state index contributed by atoms with van der Waals surface area (Å²) in [6, 6.07) is 2.15. The van der Waals surface area contributed by atoms with Crippen LogP contribution in [0.4, 0.5) is 13.2 Å². The van der Waals surface area contributed by atoms with E-state index in [-0.39, 0.29) is 28.7 Å². The Morgan fingerprint density at radius 2 is 2.08 bits per heavy atom. The maximum atomic E-state index is 13.2. The molecule has 26 heavy (non-hydrogen) atoms. The summed E-state index contributed by atoms with van der Waals surface area (Å²) in [6.45, 7) is 5.90. The van der Waals surface area contributed by atoms with Crippen molar-refractivity contribution in [1.82, 2.24) is 19.5 Å². The first-order valence-corrected chi connectivity index (χ1v) is 8.34. The van der Waals surface area contributed by atoms with Crippen LogP contribution < -0.4 is 0 Å². The largest absolute Gasteiger partial charge is 0.433 e. The van der Waals surface area contributed by atoms with Crippen LogP contribution >= 0.6 is 0 Å². The van der Waals surface area contributed by atoms with Crippen molar-refractivity contribution in [3.05, 3.63) is 29.2 Å². The molecule has 0 aliphatic carbocycles. The summed E-state index contributed by atoms with van der Waals surface area (Å²) in [5, 5.41) is 3.88. The molecule has 1 unspecified atom stereocenters. The first-order chi connectivity index (χ1) is 12.0. The van der Waals surface area contributed by atoms with Crippen molar-refractivity contribution in [3.63, 3.8) is 0 Å². The van der Waals surface area contributed by atoms with E-state index in [9.17, 15) is 18.0 Å². The number of rotatable bonds is 2. The predicted molar refractivity (Wildman–Crippen MR) is 87.9 cm³/mol. The number of aromatic nitrogens is 3. The van der Waals surface area contributed by atoms with Crippen LogP contribution in [-0.2, 0) is 10.9 Å². The van der Waals surface area contributed by atoms with Crippen LogP contribution in [0.1, 0.15) is 48.6 Å². The van der Waals surface area contributed by atoms with E-state index in [2.05, 4.69) is 10.1 Å². The van der Waals surface area contributed by atoms with Gasteiger partial charge in [0.15, 0.2) is 11.3 Å². The lowest BCUT2D eigenvalue weighted by molar-refractivity contribution is -0.142. The van der Waals surface area contributed by atoms with E-state index in [4.69, 9.17) is 4.74 Å². The van der Waals surface area contributed by atoms with Gasteiger partial charge < -0.3 is 9.64 Å². The lowest BCUT2D eigenvalue weighted by Gasteiger charge is -2.39. The SMILES string of the molecule is Cc1cc(C(F)(F)F)n2nc(C(=O)N(C)C3CCOC(C)(C)C3)cc2n1. The molecule has 3 rings (SSSR count). The highest BCUT2D eigenvalue weighted by atomic mass is 19.4. The summed E-state index contributed by atoms with van der Waals surface area (Å²) in [7, 11) is 1.64. The summed E-state index contributed by atoms with van der Waals surface area (Å²) in [6.07, 6.45) is -3.27. The number of fused-ring (bicyclic) bond motifs is 1. The first-order valence-electron chi connectivity index (χ1n) is 8.34. The second kappa shape index (κ2) is 6.22. The Bertz CT molecular complexity index is 844. The lowest BCUT2D eigenvalue weighted by atomic mass is 9.93. The Hall–Kier alpha value is -2.16. The molecule has 2 aromatic heterocycles. The molecule has 1 amide bonds. The van der Waals surface area contributed by atoms with Crippen molar-refractivity contribution in [2.75, 3.05) is 13.7 Å². The number of halogens is 3. The van der Waals surface area contributed by atoms with Crippen molar-refractivity contribution in [2.24, 2.45) is 0 Å². The van der Waals surface area contributed by atoms with Crippen molar-refractivity contribution in [2.45, 2.75) is 51.4 Å². The molecule has 1 aliphatic rings. The molecule has 1 atom stereocenters. The third-order valence-corrected chi connectivity index (χ3v) is 4.60. The summed E-state index contributed by atoms with van der Waals surface area (Å²) in [5.74, 6) is -0.427. The number of alkyl halides is 3. The summed E-state index contributed by atoms with van der Waals surface area (Å²) in [5.41, 5.74) is -1.14. The van der Waals surface area contributed by atoms with E-state index in [1.807, 2.05) is 13.8 Å². The van der Waals surface area contributed by atoms with Gasteiger partial charge in [-0.3, -0.25) is 4.79 Å². The fraction of sp³-hybridized carbons (Fsp3) is 0.588. The number of amides is 1. The van der Waals surface area contributed by atoms with E-state index in [1.165, 1.54) is 17.9 Å². The average molecular weight is 370 g/mol. The van der Waals surface area contributed by atoms with Gasteiger partial charge in [-0.25, -0.2) is 9.50 Å². The van der Waals surface area contributed by atoms with Gasteiger partial charge >= 0.3 is 6.18 Å². The van der Waals surface area contributed by atoms with Gasteiger partial charge in [0.05, 0.1) is 5.60 Å². The van der Waals surface area contributed by atoms with Crippen LogP contribution in [0.15, 0.2) is 12.1 Å². The molecule has 6 nitrogen and oxygen atoms in total. The van der Waals surface area contributed by atoms with Crippen LogP contribution in [-0.4, -0.2) is 50.7 Å². The molecule has 0 spiro atoms. The second-order valence-corrected chi connectivity index (χ2v) is 7.25. The van der Waals surface area contributed by atoms with E-state index in [0.717, 1.165) is 6.07 Å². The normalized spacial score (nSPS) is 20.3. The van der Waals surface area contributed by atoms with Crippen molar-refractivity contribution >= 4 is 11.6 Å². The molecule has 1 fully saturated rings. The standard InChI is InChI=1S/C17H21F3N4O2/c1-10-7-13(17(18,19)20)24-14(21-10)8-12(22-24)15(25)23(4)11-5-6-26-16(2,3)9-11/h7-8,11H,5-6,9H2,1-4H3. The van der Waals surface area contributed by atoms with Gasteiger partial charge in [0.1, 0.15) is 5.69 Å². The Morgan fingerprint density at radius 1 is 1.38 bits per heavy atom. The molecule has 0 aromatic carbocycles. The van der Waals surface area contributed by atoms with Gasteiger partial charge in [0.2, 0.25) is 0 Å². The minimum atomic E-state index is -4.59. The molecular weight excluding hydrogens is 349 g/mol. The highest BCUT2D eigenvalue weighted by Crippen LogP contribution is 2.30. The molecule has 9 heteroatoms. The van der Waals surface area contributed by atoms with Gasteiger partial charge in [0, 0.05) is 31.5 Å². The highest BCUT2D eigenvalue weighted by Gasteiger charge is 2.36. The fourth-order valence-corrected chi connectivity index (χ4v) is 3.28. The number of carbonyl (C=O) groups is 1. The Balaban J connectivity index is 1.94. The lowest BCUT2D eigenvalue weighted by Crippen LogP contribution is -2.46. The number of ether oxygens (including phenoxy) is 1. The zero-order chi connectivity index (χ0) is 19.3. The van der Waals surface area contributed by atoms with E-state index in [0.29, 0.717) is 24.0 Å². The van der Waals surface area contributed by atoms with Gasteiger partial charge in [0.25, 0.3) is 5.91 Å². The number of hydrogen-bond donors (Lipinski definition) is 0. The molecule has 1 saturated heterocycles. The number of aryl methyl sites for hydroxylation is 1. The fourth-order valence-electron chi connectivity index (χ4n) is 3.28. The monoisotopic (exact) mass is 370 g/mol. The minimum absolute atomic E-state index is 0.00128. The third-order valence-electron chi connectivity index (χ3n) is 4.60. The molecule has 0 saturated carbocycles. The summed E-state index contributed by atoms with van der Waals surface area (Å²) < 4.78 is 46.1. The molecule has 0 N–H and O–H groups in total. The minimum Gasteiger partial charge on any atom is -0.375 e. The first kappa shape index (κ1) is 18.6. The molecular formula is C17H21F3N4O2. The number of nitrogens with zero attached hydrogens (tertiary/aromatic N) is 4. The molecule has 0 radical (unpaired) electrons. The van der Waals surface area contributed by atoms with Crippen molar-refractivity contribution in [3.8, 4) is 0 Å². The van der Waals surface area contributed by atoms with Crippen LogP contribution in [0, 0.1) is 6.92 Å². The maximum absolute atomic E-state index is 13.2. The summed E-state index contributed by atoms with van der Waals surface area (Å²) in [4.78, 5) is 18.4. The second-order valence-electron chi connectivity index (χ2n) is 7.25. The quantitative estimate of drug-likeness (QED) is 0.815. The predicted octanol–water partition coefficient (Wildman–Crippen LogP) is 3.09. The van der Waals surface area contributed by atoms with Gasteiger partial charge in [-0.15, -0.1) is 0 Å². The van der Waals surface area contributed by atoms with Crippen molar-refractivity contribution < 1.29 is 22.7 Å². The zero-order valence-corrected chi connectivity index (χ0v) is 15.1. The smallest absolute Gasteiger partial charge is 0.375 e. The molecule has 0 bridgehead atoms. The molecule has 1 aliphatic heterocycles. The molecule has 142 valence electrons. The maximum Gasteiger partial charge on any atom is 0.433 e. The summed E-state index contributed by atoms with van der Waals surface area (Å²) >= 11 is 0. The van der Waals surface area contributed by atoms with Crippen LogP contribution in [0.3, 0.4) is 0 Å². The highest BCUT2D eigenvalue weighted by molar-refractivity contribution is 5.93. The topological polar surface area (TPSA) is 59.7 Å². The third kappa shape index (κ3) is 3.53. The zero-order valence-electron chi connectivity index (χ0n) is 15.1. The van der Waals surface area contributed by atoms with Gasteiger partial charge in [-0.05, 0) is 39.7 Å². The molecule has 2 aromatic rings. The van der Waals surface area contributed by atoms with E-state index >= 15 is 0 Å². The Morgan fingerprint density at radius 3 is 2.69 bits per heavy atom. The van der Waals surface area contributed by atoms with Gasteiger partial charge in [-0.2, -0.15) is 18.3 Å². The number of hydrogen-bond acceptors (Lipinski definition) is 4. The Kier molecular flexibility index (Phi) is 4.46. The van der Waals surface area contributed by atoms with E-state index in [1.54, 1.807) is 7.05 Å². The van der Waals surface area contributed by atoms with Crippen LogP contribution in [0.25, 0.3) is 5.65 Å². The van der Waals surface area contributed by atoms with E-state index < -0.39 is 17.8 Å². The average Bonchev–Trinajstić information content (AvgIpc) is 2.94. The van der Waals surface area contributed by atoms with Crippen LogP contribution in [0.2, 0.25) is 0 Å². The Labute approximate surface area is 148 Å². The van der Waals surface area contributed by atoms with Crippen molar-refractivity contribution in [1.29, 1.82) is 0 Å².